The lowest BCUT2D eigenvalue weighted by atomic mass is 9.81. The van der Waals surface area contributed by atoms with Crippen molar-refractivity contribution in [3.63, 3.8) is 0 Å². The molecular weight excluding hydrogens is 160 g/mol. The zero-order valence-electron chi connectivity index (χ0n) is 8.59. The molecule has 74 valence electrons. The van der Waals surface area contributed by atoms with Crippen LogP contribution in [0.2, 0.25) is 0 Å². The van der Waals surface area contributed by atoms with Gasteiger partial charge in [-0.2, -0.15) is 0 Å². The Balaban J connectivity index is 2.14. The van der Waals surface area contributed by atoms with Crippen LogP contribution in [0.4, 0.5) is 0 Å². The Morgan fingerprint density at radius 2 is 2.08 bits per heavy atom. The van der Waals surface area contributed by atoms with Crippen LogP contribution in [0.15, 0.2) is 0 Å². The van der Waals surface area contributed by atoms with Crippen molar-refractivity contribution in [1.29, 1.82) is 0 Å². The lowest BCUT2D eigenvalue weighted by Crippen LogP contribution is -2.19. The molecular formula is C12H20O. The van der Waals surface area contributed by atoms with Gasteiger partial charge in [0, 0.05) is 0 Å². The second-order valence-electron chi connectivity index (χ2n) is 4.09. The fraction of sp³-hybridized carbons (Fsp3) is 0.833. The van der Waals surface area contributed by atoms with Gasteiger partial charge >= 0.3 is 0 Å². The first-order valence-corrected chi connectivity index (χ1v) is 5.36. The summed E-state index contributed by atoms with van der Waals surface area (Å²) in [5.74, 6) is 4.07. The minimum absolute atomic E-state index is 0.469. The molecule has 0 radical (unpaired) electrons. The van der Waals surface area contributed by atoms with Crippen molar-refractivity contribution >= 4 is 0 Å². The van der Waals surface area contributed by atoms with E-state index in [1.807, 2.05) is 0 Å². The molecule has 0 spiro atoms. The number of hydrogen-bond acceptors (Lipinski definition) is 1. The quantitative estimate of drug-likeness (QED) is 0.477. The third-order valence-corrected chi connectivity index (χ3v) is 3.02. The van der Waals surface area contributed by atoms with Gasteiger partial charge in [-0.05, 0) is 11.8 Å². The van der Waals surface area contributed by atoms with Crippen LogP contribution in [0.5, 0.6) is 0 Å². The Morgan fingerprint density at radius 1 is 1.38 bits per heavy atom. The summed E-state index contributed by atoms with van der Waals surface area (Å²) in [5.41, 5.74) is 0. The van der Waals surface area contributed by atoms with E-state index in [-0.39, 0.29) is 0 Å². The second-order valence-corrected chi connectivity index (χ2v) is 4.09. The third-order valence-electron chi connectivity index (χ3n) is 3.02. The van der Waals surface area contributed by atoms with Crippen molar-refractivity contribution in [2.75, 3.05) is 13.2 Å². The molecule has 0 aromatic heterocycles. The summed E-state index contributed by atoms with van der Waals surface area (Å²) >= 11 is 0. The van der Waals surface area contributed by atoms with Crippen molar-refractivity contribution in [3.8, 4) is 12.3 Å². The predicted octanol–water partition coefficient (Wildman–Crippen LogP) is 2.85. The van der Waals surface area contributed by atoms with Crippen molar-refractivity contribution in [2.24, 2.45) is 11.8 Å². The zero-order chi connectivity index (χ0) is 9.52. The van der Waals surface area contributed by atoms with E-state index in [0.29, 0.717) is 12.5 Å². The second kappa shape index (κ2) is 6.05. The minimum Gasteiger partial charge on any atom is -0.369 e. The van der Waals surface area contributed by atoms with E-state index >= 15 is 0 Å². The van der Waals surface area contributed by atoms with Crippen molar-refractivity contribution < 1.29 is 4.74 Å². The van der Waals surface area contributed by atoms with Gasteiger partial charge in [-0.15, -0.1) is 6.42 Å². The van der Waals surface area contributed by atoms with E-state index in [9.17, 15) is 0 Å². The first-order valence-electron chi connectivity index (χ1n) is 5.36. The van der Waals surface area contributed by atoms with Gasteiger partial charge in [-0.3, -0.25) is 0 Å². The first kappa shape index (κ1) is 10.6. The maximum atomic E-state index is 5.36. The lowest BCUT2D eigenvalue weighted by molar-refractivity contribution is 0.0952. The molecule has 0 heterocycles. The molecule has 1 saturated carbocycles. The molecule has 0 unspecified atom stereocenters. The van der Waals surface area contributed by atoms with Crippen LogP contribution in [-0.2, 0) is 4.74 Å². The van der Waals surface area contributed by atoms with Crippen molar-refractivity contribution in [3.05, 3.63) is 0 Å². The molecule has 0 aliphatic heterocycles. The Bertz CT molecular complexity index is 162. The molecule has 1 rings (SSSR count). The summed E-state index contributed by atoms with van der Waals surface area (Å²) in [6.07, 6.45) is 12.1. The van der Waals surface area contributed by atoms with Gasteiger partial charge in [0.1, 0.15) is 6.61 Å². The lowest BCUT2D eigenvalue weighted by Gasteiger charge is -2.27. The Morgan fingerprint density at radius 3 is 2.69 bits per heavy atom. The molecule has 0 saturated heterocycles. The van der Waals surface area contributed by atoms with E-state index in [4.69, 9.17) is 11.2 Å². The van der Waals surface area contributed by atoms with E-state index in [0.717, 1.165) is 12.5 Å². The van der Waals surface area contributed by atoms with Crippen LogP contribution in [0.1, 0.15) is 39.0 Å². The average molecular weight is 180 g/mol. The Hall–Kier alpha value is -0.480. The summed E-state index contributed by atoms with van der Waals surface area (Å²) in [6, 6.07) is 0. The molecule has 0 N–H and O–H groups in total. The zero-order valence-corrected chi connectivity index (χ0v) is 8.59. The van der Waals surface area contributed by atoms with Gasteiger partial charge < -0.3 is 4.74 Å². The SMILES string of the molecule is C#CCOC[C@@H](C)C1CCCCC1. The molecule has 0 amide bonds. The van der Waals surface area contributed by atoms with E-state index in [2.05, 4.69) is 12.8 Å². The normalized spacial score (nSPS) is 20.9. The standard InChI is InChI=1S/C12H20O/c1-3-9-13-10-11(2)12-7-5-4-6-8-12/h1,11-12H,4-10H2,2H3/t11-/m1/s1. The molecule has 0 aromatic rings. The maximum Gasteiger partial charge on any atom is 0.107 e. The van der Waals surface area contributed by atoms with E-state index in [1.54, 1.807) is 0 Å². The molecule has 0 bridgehead atoms. The van der Waals surface area contributed by atoms with Crippen LogP contribution in [0, 0.1) is 24.2 Å². The van der Waals surface area contributed by atoms with Crippen LogP contribution in [0.3, 0.4) is 0 Å². The maximum absolute atomic E-state index is 5.36. The summed E-state index contributed by atoms with van der Waals surface area (Å²) in [7, 11) is 0. The van der Waals surface area contributed by atoms with Gasteiger partial charge in [0.05, 0.1) is 6.61 Å². The van der Waals surface area contributed by atoms with E-state index < -0.39 is 0 Å². The van der Waals surface area contributed by atoms with Gasteiger partial charge in [0.2, 0.25) is 0 Å². The number of terminal acetylenes is 1. The third kappa shape index (κ3) is 3.83. The van der Waals surface area contributed by atoms with Crippen molar-refractivity contribution in [1.82, 2.24) is 0 Å². The fourth-order valence-electron chi connectivity index (χ4n) is 2.14. The van der Waals surface area contributed by atoms with Gasteiger partial charge in [0.15, 0.2) is 0 Å². The number of rotatable bonds is 4. The first-order chi connectivity index (χ1) is 6.34. The molecule has 1 aliphatic rings. The summed E-state index contributed by atoms with van der Waals surface area (Å²) < 4.78 is 5.36. The monoisotopic (exact) mass is 180 g/mol. The van der Waals surface area contributed by atoms with Crippen LogP contribution >= 0.6 is 0 Å². The van der Waals surface area contributed by atoms with E-state index in [1.165, 1.54) is 32.1 Å². The highest BCUT2D eigenvalue weighted by molar-refractivity contribution is 4.83. The summed E-state index contributed by atoms with van der Waals surface area (Å²) in [4.78, 5) is 0. The fourth-order valence-corrected chi connectivity index (χ4v) is 2.14. The predicted molar refractivity (Wildman–Crippen MR) is 55.4 cm³/mol. The topological polar surface area (TPSA) is 9.23 Å². The molecule has 1 aliphatic carbocycles. The Labute approximate surface area is 81.9 Å². The summed E-state index contributed by atoms with van der Waals surface area (Å²) in [6.45, 7) is 3.60. The molecule has 1 heteroatoms. The molecule has 1 nitrogen and oxygen atoms in total. The van der Waals surface area contributed by atoms with Crippen LogP contribution in [-0.4, -0.2) is 13.2 Å². The van der Waals surface area contributed by atoms with Crippen molar-refractivity contribution in [2.45, 2.75) is 39.0 Å². The van der Waals surface area contributed by atoms with Gasteiger partial charge in [-0.25, -0.2) is 0 Å². The number of ether oxygens (including phenoxy) is 1. The molecule has 13 heavy (non-hydrogen) atoms. The highest BCUT2D eigenvalue weighted by atomic mass is 16.5. The largest absolute Gasteiger partial charge is 0.369 e. The molecule has 1 fully saturated rings. The highest BCUT2D eigenvalue weighted by Gasteiger charge is 2.19. The highest BCUT2D eigenvalue weighted by Crippen LogP contribution is 2.29. The van der Waals surface area contributed by atoms with Crippen LogP contribution < -0.4 is 0 Å². The van der Waals surface area contributed by atoms with Gasteiger partial charge in [-0.1, -0.05) is 44.9 Å². The smallest absolute Gasteiger partial charge is 0.107 e. The Kier molecular flexibility index (Phi) is 4.93. The summed E-state index contributed by atoms with van der Waals surface area (Å²) in [5, 5.41) is 0. The molecule has 1 atom stereocenters. The van der Waals surface area contributed by atoms with Gasteiger partial charge in [0.25, 0.3) is 0 Å². The number of hydrogen-bond donors (Lipinski definition) is 0. The molecule has 0 aromatic carbocycles. The minimum atomic E-state index is 0.469. The van der Waals surface area contributed by atoms with Crippen LogP contribution in [0.25, 0.3) is 0 Å². The average Bonchev–Trinajstić information content (AvgIpc) is 2.19.